The molecule has 2 aliphatic heterocycles. The summed E-state index contributed by atoms with van der Waals surface area (Å²) in [4.78, 5) is 38.2. The fourth-order valence-corrected chi connectivity index (χ4v) is 3.14. The van der Waals surface area contributed by atoms with Crippen molar-refractivity contribution in [1.29, 1.82) is 0 Å². The number of carbonyl (C=O) groups is 3. The molecule has 3 N–H and O–H groups in total. The van der Waals surface area contributed by atoms with Gasteiger partial charge in [-0.3, -0.25) is 14.5 Å². The van der Waals surface area contributed by atoms with Crippen molar-refractivity contribution in [2.24, 2.45) is 0 Å². The molecule has 2 aliphatic rings. The fraction of sp³-hybridized carbons (Fsp3) is 0.250. The van der Waals surface area contributed by atoms with Crippen LogP contribution in [0, 0.1) is 0 Å². The molecule has 0 aliphatic carbocycles. The Morgan fingerprint density at radius 3 is 2.83 bits per heavy atom. The normalized spacial score (nSPS) is 15.2. The van der Waals surface area contributed by atoms with Crippen molar-refractivity contribution in [2.75, 3.05) is 23.6 Å². The van der Waals surface area contributed by atoms with Gasteiger partial charge >= 0.3 is 6.03 Å². The zero-order valence-electron chi connectivity index (χ0n) is 15.7. The summed E-state index contributed by atoms with van der Waals surface area (Å²) >= 11 is 0. The lowest BCUT2D eigenvalue weighted by Gasteiger charge is -2.30. The number of rotatable bonds is 4. The average molecular weight is 396 g/mol. The second-order valence-electron chi connectivity index (χ2n) is 6.73. The van der Waals surface area contributed by atoms with Gasteiger partial charge in [-0.1, -0.05) is 18.2 Å². The average Bonchev–Trinajstić information content (AvgIpc) is 3.19. The van der Waals surface area contributed by atoms with Gasteiger partial charge in [0.2, 0.25) is 18.6 Å². The Balaban J connectivity index is 1.35. The van der Waals surface area contributed by atoms with Crippen molar-refractivity contribution < 1.29 is 23.9 Å². The Bertz CT molecular complexity index is 977. The predicted molar refractivity (Wildman–Crippen MR) is 105 cm³/mol. The molecule has 2 aromatic rings. The van der Waals surface area contributed by atoms with Crippen LogP contribution in [0.5, 0.6) is 11.5 Å². The molecule has 0 fully saturated rings. The summed E-state index contributed by atoms with van der Waals surface area (Å²) in [6.07, 6.45) is 0. The SMILES string of the molecule is C[C@H](NC(=O)N1CC(=O)Nc2ccccc21)C(=O)NCc1ccc2c(c1)OCO2. The van der Waals surface area contributed by atoms with Crippen LogP contribution < -0.4 is 30.3 Å². The van der Waals surface area contributed by atoms with Crippen LogP contribution in [0.2, 0.25) is 0 Å². The lowest BCUT2D eigenvalue weighted by Crippen LogP contribution is -2.52. The molecule has 1 atom stereocenters. The molecule has 0 saturated heterocycles. The van der Waals surface area contributed by atoms with Crippen LogP contribution in [-0.2, 0) is 16.1 Å². The van der Waals surface area contributed by atoms with Gasteiger partial charge in [0.15, 0.2) is 11.5 Å². The number of anilines is 2. The molecule has 0 unspecified atom stereocenters. The number of para-hydroxylation sites is 2. The van der Waals surface area contributed by atoms with Crippen LogP contribution in [0.3, 0.4) is 0 Å². The summed E-state index contributed by atoms with van der Waals surface area (Å²) in [6.45, 7) is 1.94. The number of hydrogen-bond acceptors (Lipinski definition) is 5. The molecule has 0 aromatic heterocycles. The number of urea groups is 1. The van der Waals surface area contributed by atoms with E-state index in [9.17, 15) is 14.4 Å². The van der Waals surface area contributed by atoms with Crippen LogP contribution in [0.1, 0.15) is 12.5 Å². The molecule has 0 saturated carbocycles. The van der Waals surface area contributed by atoms with Gasteiger partial charge in [0.05, 0.1) is 11.4 Å². The first-order chi connectivity index (χ1) is 14.0. The van der Waals surface area contributed by atoms with Crippen LogP contribution in [-0.4, -0.2) is 37.2 Å². The lowest BCUT2D eigenvalue weighted by molar-refractivity contribution is -0.122. The fourth-order valence-electron chi connectivity index (χ4n) is 3.14. The van der Waals surface area contributed by atoms with E-state index in [1.165, 1.54) is 4.90 Å². The third-order valence-corrected chi connectivity index (χ3v) is 4.65. The highest BCUT2D eigenvalue weighted by Gasteiger charge is 2.28. The van der Waals surface area contributed by atoms with Gasteiger partial charge in [0, 0.05) is 6.54 Å². The van der Waals surface area contributed by atoms with E-state index >= 15 is 0 Å². The number of nitrogens with zero attached hydrogens (tertiary/aromatic N) is 1. The van der Waals surface area contributed by atoms with Crippen molar-refractivity contribution in [3.63, 3.8) is 0 Å². The van der Waals surface area contributed by atoms with Gasteiger partial charge < -0.3 is 25.4 Å². The van der Waals surface area contributed by atoms with E-state index in [1.54, 1.807) is 43.3 Å². The summed E-state index contributed by atoms with van der Waals surface area (Å²) in [7, 11) is 0. The quantitative estimate of drug-likeness (QED) is 0.727. The van der Waals surface area contributed by atoms with E-state index in [2.05, 4.69) is 16.0 Å². The van der Waals surface area contributed by atoms with E-state index in [4.69, 9.17) is 9.47 Å². The molecular formula is C20H20N4O5. The molecular weight excluding hydrogens is 376 g/mol. The third kappa shape index (κ3) is 3.93. The standard InChI is InChI=1S/C20H20N4O5/c1-12(19(26)21-9-13-6-7-16-17(8-13)29-11-28-16)22-20(27)24-10-18(25)23-14-4-2-3-5-15(14)24/h2-8,12H,9-11H2,1H3,(H,21,26)(H,22,27)(H,23,25)/t12-/m0/s1. The van der Waals surface area contributed by atoms with Gasteiger partial charge in [0.1, 0.15) is 12.6 Å². The van der Waals surface area contributed by atoms with E-state index in [1.807, 2.05) is 6.07 Å². The van der Waals surface area contributed by atoms with Crippen molar-refractivity contribution >= 4 is 29.2 Å². The first-order valence-corrected chi connectivity index (χ1v) is 9.14. The zero-order valence-corrected chi connectivity index (χ0v) is 15.7. The largest absolute Gasteiger partial charge is 0.454 e. The van der Waals surface area contributed by atoms with Crippen molar-refractivity contribution in [2.45, 2.75) is 19.5 Å². The molecule has 150 valence electrons. The smallest absolute Gasteiger partial charge is 0.323 e. The van der Waals surface area contributed by atoms with E-state index in [0.717, 1.165) is 5.56 Å². The number of hydrogen-bond donors (Lipinski definition) is 3. The first kappa shape index (κ1) is 18.6. The summed E-state index contributed by atoms with van der Waals surface area (Å²) in [5.41, 5.74) is 1.99. The molecule has 2 heterocycles. The maximum absolute atomic E-state index is 12.6. The van der Waals surface area contributed by atoms with Crippen LogP contribution in [0.15, 0.2) is 42.5 Å². The van der Waals surface area contributed by atoms with Gasteiger partial charge in [-0.05, 0) is 36.8 Å². The van der Waals surface area contributed by atoms with Gasteiger partial charge in [-0.2, -0.15) is 0 Å². The van der Waals surface area contributed by atoms with Crippen molar-refractivity contribution in [3.05, 3.63) is 48.0 Å². The Labute approximate surface area is 167 Å². The first-order valence-electron chi connectivity index (χ1n) is 9.14. The summed E-state index contributed by atoms with van der Waals surface area (Å²) in [5, 5.41) is 8.14. The van der Waals surface area contributed by atoms with Crippen molar-refractivity contribution in [3.8, 4) is 11.5 Å². The molecule has 0 spiro atoms. The Morgan fingerprint density at radius 1 is 1.17 bits per heavy atom. The maximum Gasteiger partial charge on any atom is 0.323 e. The summed E-state index contributed by atoms with van der Waals surface area (Å²) in [5.74, 6) is 0.677. The summed E-state index contributed by atoms with van der Waals surface area (Å²) in [6, 6.07) is 11.1. The molecule has 0 radical (unpaired) electrons. The number of carbonyl (C=O) groups excluding carboxylic acids is 3. The summed E-state index contributed by atoms with van der Waals surface area (Å²) < 4.78 is 10.6. The minimum Gasteiger partial charge on any atom is -0.454 e. The highest BCUT2D eigenvalue weighted by Crippen LogP contribution is 2.32. The van der Waals surface area contributed by atoms with Gasteiger partial charge in [-0.25, -0.2) is 4.79 Å². The second-order valence-corrected chi connectivity index (χ2v) is 6.73. The molecule has 0 bridgehead atoms. The highest BCUT2D eigenvalue weighted by atomic mass is 16.7. The van der Waals surface area contributed by atoms with Crippen molar-refractivity contribution in [1.82, 2.24) is 10.6 Å². The van der Waals surface area contributed by atoms with E-state index in [0.29, 0.717) is 22.9 Å². The number of fused-ring (bicyclic) bond motifs is 2. The Hall–Kier alpha value is -3.75. The third-order valence-electron chi connectivity index (χ3n) is 4.65. The van der Waals surface area contributed by atoms with Crippen LogP contribution in [0.4, 0.5) is 16.2 Å². The minimum atomic E-state index is -0.784. The maximum atomic E-state index is 12.6. The molecule has 4 rings (SSSR count). The number of amides is 4. The Morgan fingerprint density at radius 2 is 1.97 bits per heavy atom. The van der Waals surface area contributed by atoms with Gasteiger partial charge in [-0.15, -0.1) is 0 Å². The van der Waals surface area contributed by atoms with Gasteiger partial charge in [0.25, 0.3) is 0 Å². The minimum absolute atomic E-state index is 0.117. The van der Waals surface area contributed by atoms with Crippen LogP contribution >= 0.6 is 0 Å². The number of benzene rings is 2. The predicted octanol–water partition coefficient (Wildman–Crippen LogP) is 1.59. The van der Waals surface area contributed by atoms with Crippen LogP contribution in [0.25, 0.3) is 0 Å². The number of nitrogens with one attached hydrogen (secondary N) is 3. The topological polar surface area (TPSA) is 109 Å². The molecule has 29 heavy (non-hydrogen) atoms. The van der Waals surface area contributed by atoms with E-state index < -0.39 is 12.1 Å². The molecule has 2 aromatic carbocycles. The molecule has 9 heteroatoms. The second kappa shape index (κ2) is 7.70. The molecule has 9 nitrogen and oxygen atoms in total. The zero-order chi connectivity index (χ0) is 20.4. The highest BCUT2D eigenvalue weighted by molar-refractivity contribution is 6.10. The number of ether oxygens (including phenoxy) is 2. The lowest BCUT2D eigenvalue weighted by atomic mass is 10.2. The Kier molecular flexibility index (Phi) is 4.94. The van der Waals surface area contributed by atoms with E-state index in [-0.39, 0.29) is 31.7 Å². The molecule has 4 amide bonds. The monoisotopic (exact) mass is 396 g/mol.